The number of hydrogen-bond donors (Lipinski definition) is 3. The average molecular weight is 303 g/mol. The average Bonchev–Trinajstić information content (AvgIpc) is 2.69. The van der Waals surface area contributed by atoms with Crippen LogP contribution in [0.5, 0.6) is 0 Å². The number of nitrogens with one attached hydrogen (secondary N) is 2. The maximum Gasteiger partial charge on any atom is 0.329 e. The molecule has 1 aromatic rings. The highest BCUT2D eigenvalue weighted by Crippen LogP contribution is 2.31. The number of aliphatic carboxylic acids is 1. The Hall–Kier alpha value is -1.27. The second-order valence-electron chi connectivity index (χ2n) is 4.58. The molecule has 2 amide bonds. The van der Waals surface area contributed by atoms with E-state index in [0.29, 0.717) is 25.8 Å². The van der Waals surface area contributed by atoms with Gasteiger partial charge in [0.2, 0.25) is 0 Å². The van der Waals surface area contributed by atoms with Crippen LogP contribution in [0, 0.1) is 0 Å². The minimum atomic E-state index is -1.06. The molecule has 0 aromatic carbocycles. The first-order valence-corrected chi connectivity index (χ1v) is 7.25. The van der Waals surface area contributed by atoms with Gasteiger partial charge in [0, 0.05) is 11.4 Å². The molecule has 0 spiro atoms. The monoisotopic (exact) mass is 302 g/mol. The van der Waals surface area contributed by atoms with Gasteiger partial charge < -0.3 is 15.7 Å². The Morgan fingerprint density at radius 3 is 2.63 bits per heavy atom. The van der Waals surface area contributed by atoms with Gasteiger partial charge in [0.05, 0.1) is 4.34 Å². The summed E-state index contributed by atoms with van der Waals surface area (Å²) in [6.45, 7) is 0.457. The van der Waals surface area contributed by atoms with Crippen molar-refractivity contribution in [1.29, 1.82) is 0 Å². The van der Waals surface area contributed by atoms with E-state index in [2.05, 4.69) is 10.6 Å². The summed E-state index contributed by atoms with van der Waals surface area (Å²) in [5, 5.41) is 14.3. The Morgan fingerprint density at radius 2 is 2.16 bits per heavy atom. The van der Waals surface area contributed by atoms with E-state index in [1.807, 2.05) is 12.1 Å². The van der Waals surface area contributed by atoms with E-state index in [1.54, 1.807) is 0 Å². The smallest absolute Gasteiger partial charge is 0.329 e. The molecule has 1 heterocycles. The molecule has 7 heteroatoms. The SMILES string of the molecule is O=C(NCCc1ccc(Cl)s1)NC1(C(=O)O)CCC1. The summed E-state index contributed by atoms with van der Waals surface area (Å²) >= 11 is 7.28. The van der Waals surface area contributed by atoms with Crippen molar-refractivity contribution in [2.45, 2.75) is 31.2 Å². The van der Waals surface area contributed by atoms with Crippen molar-refractivity contribution in [2.75, 3.05) is 6.54 Å². The summed E-state index contributed by atoms with van der Waals surface area (Å²) in [7, 11) is 0. The lowest BCUT2D eigenvalue weighted by Crippen LogP contribution is -2.61. The second-order valence-corrected chi connectivity index (χ2v) is 6.38. The van der Waals surface area contributed by atoms with E-state index in [4.69, 9.17) is 16.7 Å². The molecule has 1 fully saturated rings. The van der Waals surface area contributed by atoms with Crippen molar-refractivity contribution in [2.24, 2.45) is 0 Å². The molecule has 0 bridgehead atoms. The topological polar surface area (TPSA) is 78.4 Å². The zero-order valence-electron chi connectivity index (χ0n) is 10.2. The Morgan fingerprint density at radius 1 is 1.42 bits per heavy atom. The zero-order chi connectivity index (χ0) is 13.9. The van der Waals surface area contributed by atoms with Gasteiger partial charge in [-0.2, -0.15) is 0 Å². The van der Waals surface area contributed by atoms with Crippen LogP contribution in [-0.4, -0.2) is 29.2 Å². The van der Waals surface area contributed by atoms with E-state index >= 15 is 0 Å². The van der Waals surface area contributed by atoms with Gasteiger partial charge in [0.25, 0.3) is 0 Å². The molecule has 5 nitrogen and oxygen atoms in total. The van der Waals surface area contributed by atoms with E-state index in [9.17, 15) is 9.59 Å². The number of hydrogen-bond acceptors (Lipinski definition) is 3. The summed E-state index contributed by atoms with van der Waals surface area (Å²) in [5.74, 6) is -0.959. The van der Waals surface area contributed by atoms with Crippen LogP contribution in [0.2, 0.25) is 4.34 Å². The summed E-state index contributed by atoms with van der Waals surface area (Å²) < 4.78 is 0.721. The predicted molar refractivity (Wildman–Crippen MR) is 73.8 cm³/mol. The van der Waals surface area contributed by atoms with Crippen LogP contribution in [-0.2, 0) is 11.2 Å². The van der Waals surface area contributed by atoms with Crippen molar-refractivity contribution in [3.05, 3.63) is 21.3 Å². The van der Waals surface area contributed by atoms with Gasteiger partial charge in [0.15, 0.2) is 0 Å². The summed E-state index contributed by atoms with van der Waals surface area (Å²) in [5.41, 5.74) is -1.06. The Labute approximate surface area is 120 Å². The number of rotatable bonds is 5. The van der Waals surface area contributed by atoms with E-state index in [-0.39, 0.29) is 0 Å². The van der Waals surface area contributed by atoms with Crippen molar-refractivity contribution in [3.8, 4) is 0 Å². The number of urea groups is 1. The van der Waals surface area contributed by atoms with Gasteiger partial charge in [0.1, 0.15) is 5.54 Å². The van der Waals surface area contributed by atoms with Gasteiger partial charge in [-0.3, -0.25) is 0 Å². The maximum absolute atomic E-state index is 11.6. The highest BCUT2D eigenvalue weighted by Gasteiger charge is 2.45. The second kappa shape index (κ2) is 5.79. The number of carboxylic acids is 1. The van der Waals surface area contributed by atoms with Gasteiger partial charge >= 0.3 is 12.0 Å². The molecular weight excluding hydrogens is 288 g/mol. The van der Waals surface area contributed by atoms with Gasteiger partial charge in [-0.15, -0.1) is 11.3 Å². The summed E-state index contributed by atoms with van der Waals surface area (Å²) in [4.78, 5) is 23.8. The molecule has 19 heavy (non-hydrogen) atoms. The fourth-order valence-electron chi connectivity index (χ4n) is 1.97. The highest BCUT2D eigenvalue weighted by molar-refractivity contribution is 7.16. The molecule has 1 saturated carbocycles. The first kappa shape index (κ1) is 14.1. The first-order chi connectivity index (χ1) is 9.02. The molecule has 0 aliphatic heterocycles. The molecule has 1 aliphatic rings. The molecule has 3 N–H and O–H groups in total. The number of carbonyl (C=O) groups excluding carboxylic acids is 1. The number of carbonyl (C=O) groups is 2. The predicted octanol–water partition coefficient (Wildman–Crippen LogP) is 2.25. The molecule has 0 saturated heterocycles. The lowest BCUT2D eigenvalue weighted by atomic mass is 9.77. The number of halogens is 1. The molecular formula is C12H15ClN2O3S. The van der Waals surface area contributed by atoms with Crippen LogP contribution in [0.1, 0.15) is 24.1 Å². The van der Waals surface area contributed by atoms with Crippen LogP contribution < -0.4 is 10.6 Å². The number of carboxylic acid groups (broad SMARTS) is 1. The molecule has 1 aliphatic carbocycles. The van der Waals surface area contributed by atoms with E-state index < -0.39 is 17.5 Å². The van der Waals surface area contributed by atoms with Gasteiger partial charge in [-0.05, 0) is 37.8 Å². The quantitative estimate of drug-likeness (QED) is 0.780. The normalized spacial score (nSPS) is 16.5. The van der Waals surface area contributed by atoms with Crippen molar-refractivity contribution in [3.63, 3.8) is 0 Å². The largest absolute Gasteiger partial charge is 0.480 e. The number of amides is 2. The maximum atomic E-state index is 11.6. The summed E-state index contributed by atoms with van der Waals surface area (Å²) in [6, 6.07) is 3.30. The minimum Gasteiger partial charge on any atom is -0.480 e. The molecule has 0 unspecified atom stereocenters. The fourth-order valence-corrected chi connectivity index (χ4v) is 3.06. The van der Waals surface area contributed by atoms with E-state index in [1.165, 1.54) is 11.3 Å². The first-order valence-electron chi connectivity index (χ1n) is 6.05. The van der Waals surface area contributed by atoms with Gasteiger partial charge in [-0.25, -0.2) is 9.59 Å². The lowest BCUT2D eigenvalue weighted by Gasteiger charge is -2.38. The van der Waals surface area contributed by atoms with Crippen LogP contribution in [0.3, 0.4) is 0 Å². The standard InChI is InChI=1S/C12H15ClN2O3S/c13-9-3-2-8(19-9)4-7-14-11(18)15-12(10(16)17)5-1-6-12/h2-3H,1,4-7H2,(H,16,17)(H2,14,15,18). The third-order valence-corrected chi connectivity index (χ3v) is 4.55. The zero-order valence-corrected chi connectivity index (χ0v) is 11.8. The Bertz CT molecular complexity index is 485. The highest BCUT2D eigenvalue weighted by atomic mass is 35.5. The van der Waals surface area contributed by atoms with Crippen molar-refractivity contribution in [1.82, 2.24) is 10.6 Å². The van der Waals surface area contributed by atoms with Crippen LogP contribution in [0.15, 0.2) is 12.1 Å². The van der Waals surface area contributed by atoms with Crippen LogP contribution >= 0.6 is 22.9 Å². The fraction of sp³-hybridized carbons (Fsp3) is 0.500. The van der Waals surface area contributed by atoms with Crippen LogP contribution in [0.25, 0.3) is 0 Å². The Kier molecular flexibility index (Phi) is 4.31. The van der Waals surface area contributed by atoms with Crippen LogP contribution in [0.4, 0.5) is 4.79 Å². The van der Waals surface area contributed by atoms with E-state index in [0.717, 1.165) is 15.6 Å². The molecule has 1 aromatic heterocycles. The lowest BCUT2D eigenvalue weighted by molar-refractivity contribution is -0.148. The van der Waals surface area contributed by atoms with Crippen molar-refractivity contribution >= 4 is 34.9 Å². The molecule has 2 rings (SSSR count). The van der Waals surface area contributed by atoms with Gasteiger partial charge in [-0.1, -0.05) is 11.6 Å². The Balaban J connectivity index is 1.74. The molecule has 104 valence electrons. The van der Waals surface area contributed by atoms with Crippen molar-refractivity contribution < 1.29 is 14.7 Å². The third-order valence-electron chi connectivity index (χ3n) is 3.26. The summed E-state index contributed by atoms with van der Waals surface area (Å²) in [6.07, 6.45) is 2.51. The number of thiophene rings is 1. The molecule has 0 radical (unpaired) electrons. The third kappa shape index (κ3) is 3.39. The molecule has 0 atom stereocenters. The minimum absolute atomic E-state index is 0.426.